The van der Waals surface area contributed by atoms with E-state index in [1.165, 1.54) is 12.0 Å². The molecule has 0 unspecified atom stereocenters. The SMILES string of the molecule is CCCCCCc1cccc(Nc2nc(Nc3ccc(C(C)C)cc3)ncc2C(F)(F)F)c1. The first-order chi connectivity index (χ1) is 15.8. The van der Waals surface area contributed by atoms with E-state index in [1.807, 2.05) is 42.5 Å². The molecule has 3 rings (SSSR count). The number of alkyl halides is 3. The number of rotatable bonds is 10. The minimum atomic E-state index is -4.57. The molecule has 1 heterocycles. The summed E-state index contributed by atoms with van der Waals surface area (Å²) in [6.45, 7) is 6.35. The molecule has 2 N–H and O–H groups in total. The van der Waals surface area contributed by atoms with Crippen LogP contribution in [0.1, 0.15) is 69.1 Å². The van der Waals surface area contributed by atoms with Gasteiger partial charge in [-0.3, -0.25) is 0 Å². The number of unbranched alkanes of at least 4 members (excludes halogenated alkanes) is 3. The fourth-order valence-electron chi connectivity index (χ4n) is 3.52. The predicted molar refractivity (Wildman–Crippen MR) is 128 cm³/mol. The van der Waals surface area contributed by atoms with Crippen LogP contribution in [0, 0.1) is 0 Å². The second-order valence-electron chi connectivity index (χ2n) is 8.49. The summed E-state index contributed by atoms with van der Waals surface area (Å²) < 4.78 is 40.8. The second kappa shape index (κ2) is 11.2. The van der Waals surface area contributed by atoms with Gasteiger partial charge in [-0.05, 0) is 54.2 Å². The Morgan fingerprint density at radius 2 is 1.67 bits per heavy atom. The van der Waals surface area contributed by atoms with Gasteiger partial charge in [-0.2, -0.15) is 18.2 Å². The number of aryl methyl sites for hydroxylation is 1. The summed E-state index contributed by atoms with van der Waals surface area (Å²) in [5.41, 5.74) is 2.63. The van der Waals surface area contributed by atoms with E-state index in [4.69, 9.17) is 0 Å². The molecule has 3 aromatic rings. The molecule has 4 nitrogen and oxygen atoms in total. The van der Waals surface area contributed by atoms with Crippen LogP contribution in [-0.4, -0.2) is 9.97 Å². The molecule has 0 aliphatic carbocycles. The lowest BCUT2D eigenvalue weighted by Gasteiger charge is -2.15. The molecule has 0 spiro atoms. The summed E-state index contributed by atoms with van der Waals surface area (Å²) in [5.74, 6) is 0.208. The molecule has 0 bridgehead atoms. The quantitative estimate of drug-likeness (QED) is 0.302. The molecule has 0 saturated heterocycles. The molecule has 0 aliphatic heterocycles. The molecule has 0 saturated carbocycles. The summed E-state index contributed by atoms with van der Waals surface area (Å²) in [7, 11) is 0. The highest BCUT2D eigenvalue weighted by Gasteiger charge is 2.35. The minimum Gasteiger partial charge on any atom is -0.340 e. The van der Waals surface area contributed by atoms with Gasteiger partial charge in [0.05, 0.1) is 0 Å². The van der Waals surface area contributed by atoms with E-state index in [1.54, 1.807) is 6.07 Å². The van der Waals surface area contributed by atoms with Crippen LogP contribution in [0.15, 0.2) is 54.7 Å². The zero-order valence-electron chi connectivity index (χ0n) is 19.3. The molecule has 0 fully saturated rings. The van der Waals surface area contributed by atoms with Crippen molar-refractivity contribution in [3.8, 4) is 0 Å². The molecule has 1 aromatic heterocycles. The van der Waals surface area contributed by atoms with Crippen LogP contribution < -0.4 is 10.6 Å². The van der Waals surface area contributed by atoms with E-state index in [0.29, 0.717) is 17.3 Å². The Hall–Kier alpha value is -3.09. The van der Waals surface area contributed by atoms with Gasteiger partial charge in [0.15, 0.2) is 0 Å². The lowest BCUT2D eigenvalue weighted by Crippen LogP contribution is -2.12. The first-order valence-corrected chi connectivity index (χ1v) is 11.4. The van der Waals surface area contributed by atoms with E-state index < -0.39 is 11.7 Å². The number of halogens is 3. The standard InChI is InChI=1S/C26H31F3N4/c1-4-5-6-7-9-19-10-8-11-22(16-19)31-24-23(26(27,28)29)17-30-25(33-24)32-21-14-12-20(13-15-21)18(2)3/h8,10-18H,4-7,9H2,1-3H3,(H2,30,31,32,33). The zero-order valence-corrected chi connectivity index (χ0v) is 19.3. The van der Waals surface area contributed by atoms with Crippen molar-refractivity contribution in [1.82, 2.24) is 9.97 Å². The first-order valence-electron chi connectivity index (χ1n) is 11.4. The van der Waals surface area contributed by atoms with Crippen molar-refractivity contribution >= 4 is 23.1 Å². The number of anilines is 4. The summed E-state index contributed by atoms with van der Waals surface area (Å²) in [4.78, 5) is 8.04. The van der Waals surface area contributed by atoms with Gasteiger partial charge in [-0.25, -0.2) is 4.98 Å². The van der Waals surface area contributed by atoms with E-state index in [2.05, 4.69) is 41.4 Å². The Balaban J connectivity index is 1.81. The van der Waals surface area contributed by atoms with Crippen molar-refractivity contribution in [1.29, 1.82) is 0 Å². The Morgan fingerprint density at radius 3 is 2.33 bits per heavy atom. The molecular weight excluding hydrogens is 425 g/mol. The maximum atomic E-state index is 13.6. The first kappa shape index (κ1) is 24.6. The molecule has 2 aromatic carbocycles. The lowest BCUT2D eigenvalue weighted by molar-refractivity contribution is -0.137. The zero-order chi connectivity index (χ0) is 23.8. The molecule has 33 heavy (non-hydrogen) atoms. The summed E-state index contributed by atoms with van der Waals surface area (Å²) in [6, 6.07) is 15.2. The van der Waals surface area contributed by atoms with E-state index >= 15 is 0 Å². The molecular formula is C26H31F3N4. The smallest absolute Gasteiger partial charge is 0.340 e. The van der Waals surface area contributed by atoms with Gasteiger partial charge in [0.2, 0.25) is 5.95 Å². The monoisotopic (exact) mass is 456 g/mol. The van der Waals surface area contributed by atoms with Crippen molar-refractivity contribution in [2.24, 2.45) is 0 Å². The molecule has 176 valence electrons. The van der Waals surface area contributed by atoms with Crippen LogP contribution in [0.25, 0.3) is 0 Å². The van der Waals surface area contributed by atoms with E-state index in [-0.39, 0.29) is 11.8 Å². The van der Waals surface area contributed by atoms with Gasteiger partial charge in [0, 0.05) is 17.6 Å². The number of aromatic nitrogens is 2. The van der Waals surface area contributed by atoms with Crippen LogP contribution in [0.2, 0.25) is 0 Å². The van der Waals surface area contributed by atoms with Crippen LogP contribution >= 0.6 is 0 Å². The number of hydrogen-bond donors (Lipinski definition) is 2. The summed E-state index contributed by atoms with van der Waals surface area (Å²) in [6.07, 6.45) is 1.68. The maximum absolute atomic E-state index is 13.6. The second-order valence-corrected chi connectivity index (χ2v) is 8.49. The average molecular weight is 457 g/mol. The Labute approximate surface area is 193 Å². The third kappa shape index (κ3) is 7.20. The Bertz CT molecular complexity index is 1030. The number of hydrogen-bond acceptors (Lipinski definition) is 4. The molecule has 7 heteroatoms. The van der Waals surface area contributed by atoms with Gasteiger partial charge in [0.1, 0.15) is 11.4 Å². The van der Waals surface area contributed by atoms with E-state index in [9.17, 15) is 13.2 Å². The lowest BCUT2D eigenvalue weighted by atomic mass is 10.0. The third-order valence-corrected chi connectivity index (χ3v) is 5.44. The van der Waals surface area contributed by atoms with Crippen LogP contribution in [0.4, 0.5) is 36.3 Å². The van der Waals surface area contributed by atoms with Gasteiger partial charge in [0.25, 0.3) is 0 Å². The van der Waals surface area contributed by atoms with Gasteiger partial charge < -0.3 is 10.6 Å². The van der Waals surface area contributed by atoms with Crippen LogP contribution in [0.5, 0.6) is 0 Å². The van der Waals surface area contributed by atoms with Gasteiger partial charge in [-0.15, -0.1) is 0 Å². The number of nitrogens with zero attached hydrogens (tertiary/aromatic N) is 2. The highest BCUT2D eigenvalue weighted by molar-refractivity contribution is 5.63. The number of nitrogens with one attached hydrogen (secondary N) is 2. The van der Waals surface area contributed by atoms with Crippen molar-refractivity contribution in [3.63, 3.8) is 0 Å². The van der Waals surface area contributed by atoms with Crippen LogP contribution in [-0.2, 0) is 12.6 Å². The number of benzene rings is 2. The predicted octanol–water partition coefficient (Wildman–Crippen LogP) is 8.23. The minimum absolute atomic E-state index is 0.0958. The normalized spacial score (nSPS) is 11.6. The third-order valence-electron chi connectivity index (χ3n) is 5.44. The fraction of sp³-hybridized carbons (Fsp3) is 0.385. The average Bonchev–Trinajstić information content (AvgIpc) is 2.77. The van der Waals surface area contributed by atoms with Crippen molar-refractivity contribution in [2.75, 3.05) is 10.6 Å². The van der Waals surface area contributed by atoms with Crippen molar-refractivity contribution in [2.45, 2.75) is 65.0 Å². The Morgan fingerprint density at radius 1 is 0.909 bits per heavy atom. The molecule has 0 amide bonds. The van der Waals surface area contributed by atoms with Crippen molar-refractivity contribution in [3.05, 3.63) is 71.4 Å². The summed E-state index contributed by atoms with van der Waals surface area (Å²) in [5, 5.41) is 5.86. The largest absolute Gasteiger partial charge is 0.421 e. The summed E-state index contributed by atoms with van der Waals surface area (Å²) >= 11 is 0. The topological polar surface area (TPSA) is 49.8 Å². The van der Waals surface area contributed by atoms with Crippen LogP contribution in [0.3, 0.4) is 0 Å². The molecule has 0 aliphatic rings. The highest BCUT2D eigenvalue weighted by Crippen LogP contribution is 2.35. The van der Waals surface area contributed by atoms with E-state index in [0.717, 1.165) is 37.4 Å². The van der Waals surface area contributed by atoms with Crippen molar-refractivity contribution < 1.29 is 13.2 Å². The maximum Gasteiger partial charge on any atom is 0.421 e. The van der Waals surface area contributed by atoms with Gasteiger partial charge in [-0.1, -0.05) is 64.3 Å². The Kier molecular flexibility index (Phi) is 8.31. The molecule has 0 radical (unpaired) electrons. The highest BCUT2D eigenvalue weighted by atomic mass is 19.4. The van der Waals surface area contributed by atoms with Gasteiger partial charge >= 0.3 is 6.18 Å². The molecule has 0 atom stereocenters. The fourth-order valence-corrected chi connectivity index (χ4v) is 3.52.